The summed E-state index contributed by atoms with van der Waals surface area (Å²) < 4.78 is 6.13. The maximum absolute atomic E-state index is 6.13. The van der Waals surface area contributed by atoms with Crippen LogP contribution in [0.2, 0.25) is 19.1 Å². The molecular formula is C23H49ClOSi. The Morgan fingerprint density at radius 1 is 0.577 bits per heavy atom. The smallest absolute Gasteiger partial charge is 0.186 e. The molecule has 0 N–H and O–H groups in total. The molecule has 0 spiro atoms. The van der Waals surface area contributed by atoms with E-state index in [0.717, 1.165) is 18.9 Å². The van der Waals surface area contributed by atoms with Gasteiger partial charge in [0.15, 0.2) is 8.32 Å². The lowest BCUT2D eigenvalue weighted by atomic mass is 10.0. The summed E-state index contributed by atoms with van der Waals surface area (Å²) >= 11 is 5.78. The molecule has 0 aliphatic heterocycles. The molecule has 0 unspecified atom stereocenters. The zero-order valence-electron chi connectivity index (χ0n) is 18.4. The molecule has 0 aromatic rings. The van der Waals surface area contributed by atoms with E-state index < -0.39 is 8.32 Å². The standard InChI is InChI=1S/C23H49ClOSi/c1-4-5-6-7-8-9-10-11-12-13-14-15-16-17-18-19-22-25-26(2,3)23-20-21-24/h4-23H2,1-3H3. The van der Waals surface area contributed by atoms with Crippen LogP contribution in [0.3, 0.4) is 0 Å². The fraction of sp³-hybridized carbons (Fsp3) is 1.00. The molecule has 0 bridgehead atoms. The van der Waals surface area contributed by atoms with Crippen molar-refractivity contribution in [1.82, 2.24) is 0 Å². The zero-order valence-corrected chi connectivity index (χ0v) is 20.2. The molecule has 0 rings (SSSR count). The van der Waals surface area contributed by atoms with E-state index >= 15 is 0 Å². The van der Waals surface area contributed by atoms with Crippen LogP contribution in [0.25, 0.3) is 0 Å². The normalized spacial score (nSPS) is 12.0. The van der Waals surface area contributed by atoms with E-state index in [1.807, 2.05) is 0 Å². The van der Waals surface area contributed by atoms with Crippen LogP contribution >= 0.6 is 11.6 Å². The maximum Gasteiger partial charge on any atom is 0.186 e. The third-order valence-electron chi connectivity index (χ3n) is 5.40. The fourth-order valence-electron chi connectivity index (χ4n) is 3.56. The highest BCUT2D eigenvalue weighted by atomic mass is 35.5. The van der Waals surface area contributed by atoms with Crippen molar-refractivity contribution in [2.45, 2.75) is 135 Å². The summed E-state index contributed by atoms with van der Waals surface area (Å²) in [5.41, 5.74) is 0. The number of halogens is 1. The predicted molar refractivity (Wildman–Crippen MR) is 123 cm³/mol. The predicted octanol–water partition coefficient (Wildman–Crippen LogP) is 9.10. The van der Waals surface area contributed by atoms with E-state index in [0.29, 0.717) is 0 Å². The summed E-state index contributed by atoms with van der Waals surface area (Å²) in [6.07, 6.45) is 23.9. The number of hydrogen-bond donors (Lipinski definition) is 0. The van der Waals surface area contributed by atoms with Gasteiger partial charge in [-0.05, 0) is 32.0 Å². The van der Waals surface area contributed by atoms with Gasteiger partial charge in [-0.1, -0.05) is 103 Å². The van der Waals surface area contributed by atoms with Gasteiger partial charge in [-0.25, -0.2) is 0 Å². The summed E-state index contributed by atoms with van der Waals surface area (Å²) in [5, 5.41) is 0. The second-order valence-corrected chi connectivity index (χ2v) is 13.4. The van der Waals surface area contributed by atoms with Crippen molar-refractivity contribution in [3.8, 4) is 0 Å². The third kappa shape index (κ3) is 20.8. The first-order chi connectivity index (χ1) is 12.6. The molecule has 0 amide bonds. The van der Waals surface area contributed by atoms with Crippen LogP contribution in [0.1, 0.15) is 116 Å². The number of rotatable bonds is 21. The van der Waals surface area contributed by atoms with Gasteiger partial charge in [-0.15, -0.1) is 11.6 Å². The maximum atomic E-state index is 6.13. The Hall–Kier alpha value is 0.467. The van der Waals surface area contributed by atoms with Crippen LogP contribution in [0.4, 0.5) is 0 Å². The number of hydrogen-bond acceptors (Lipinski definition) is 1. The van der Waals surface area contributed by atoms with Crippen molar-refractivity contribution in [3.63, 3.8) is 0 Å². The Morgan fingerprint density at radius 2 is 0.962 bits per heavy atom. The first-order valence-corrected chi connectivity index (χ1v) is 15.5. The van der Waals surface area contributed by atoms with Crippen LogP contribution in [0.15, 0.2) is 0 Å². The van der Waals surface area contributed by atoms with Gasteiger partial charge in [-0.3, -0.25) is 0 Å². The first kappa shape index (κ1) is 26.5. The summed E-state index contributed by atoms with van der Waals surface area (Å²) in [5.74, 6) is 0.777. The van der Waals surface area contributed by atoms with Crippen LogP contribution < -0.4 is 0 Å². The molecule has 0 aromatic heterocycles. The van der Waals surface area contributed by atoms with Crippen LogP contribution in [-0.2, 0) is 4.43 Å². The summed E-state index contributed by atoms with van der Waals surface area (Å²) in [6.45, 7) is 7.92. The van der Waals surface area contributed by atoms with Gasteiger partial charge in [0.05, 0.1) is 0 Å². The largest absolute Gasteiger partial charge is 0.417 e. The minimum absolute atomic E-state index is 0.777. The lowest BCUT2D eigenvalue weighted by molar-refractivity contribution is 0.293. The Balaban J connectivity index is 3.13. The van der Waals surface area contributed by atoms with Gasteiger partial charge >= 0.3 is 0 Å². The Morgan fingerprint density at radius 3 is 1.35 bits per heavy atom. The first-order valence-electron chi connectivity index (χ1n) is 11.8. The molecule has 1 nitrogen and oxygen atoms in total. The van der Waals surface area contributed by atoms with Crippen molar-refractivity contribution in [3.05, 3.63) is 0 Å². The van der Waals surface area contributed by atoms with Crippen LogP contribution in [-0.4, -0.2) is 20.8 Å². The molecule has 158 valence electrons. The molecule has 0 fully saturated rings. The molecule has 0 aliphatic carbocycles. The van der Waals surface area contributed by atoms with Gasteiger partial charge in [0.1, 0.15) is 0 Å². The average Bonchev–Trinajstić information content (AvgIpc) is 2.62. The number of alkyl halides is 1. The van der Waals surface area contributed by atoms with E-state index in [-0.39, 0.29) is 0 Å². The Bertz CT molecular complexity index is 271. The second kappa shape index (κ2) is 20.2. The van der Waals surface area contributed by atoms with Crippen LogP contribution in [0, 0.1) is 0 Å². The average molecular weight is 405 g/mol. The monoisotopic (exact) mass is 404 g/mol. The third-order valence-corrected chi connectivity index (χ3v) is 8.21. The Labute approximate surface area is 172 Å². The lowest BCUT2D eigenvalue weighted by Gasteiger charge is -2.22. The van der Waals surface area contributed by atoms with Crippen LogP contribution in [0.5, 0.6) is 0 Å². The SMILES string of the molecule is CCCCCCCCCCCCCCCCCCO[Si](C)(C)CCCCl. The molecule has 0 heterocycles. The highest BCUT2D eigenvalue weighted by Gasteiger charge is 2.20. The van der Waals surface area contributed by atoms with E-state index in [2.05, 4.69) is 20.0 Å². The van der Waals surface area contributed by atoms with E-state index in [4.69, 9.17) is 16.0 Å². The van der Waals surface area contributed by atoms with Gasteiger partial charge < -0.3 is 4.43 Å². The van der Waals surface area contributed by atoms with Gasteiger partial charge in [0.2, 0.25) is 0 Å². The van der Waals surface area contributed by atoms with Crippen molar-refractivity contribution in [2.75, 3.05) is 12.5 Å². The quantitative estimate of drug-likeness (QED) is 0.105. The van der Waals surface area contributed by atoms with E-state index in [1.165, 1.54) is 109 Å². The molecule has 0 radical (unpaired) electrons. The lowest BCUT2D eigenvalue weighted by Crippen LogP contribution is -2.30. The van der Waals surface area contributed by atoms with Crippen molar-refractivity contribution < 1.29 is 4.43 Å². The molecular weight excluding hydrogens is 356 g/mol. The number of unbranched alkanes of at least 4 members (excludes halogenated alkanes) is 15. The Kier molecular flexibility index (Phi) is 20.6. The molecule has 3 heteroatoms. The molecule has 26 heavy (non-hydrogen) atoms. The molecule has 0 saturated heterocycles. The van der Waals surface area contributed by atoms with Crippen molar-refractivity contribution >= 4 is 19.9 Å². The van der Waals surface area contributed by atoms with Gasteiger partial charge in [-0.2, -0.15) is 0 Å². The van der Waals surface area contributed by atoms with E-state index in [9.17, 15) is 0 Å². The topological polar surface area (TPSA) is 9.23 Å². The zero-order chi connectivity index (χ0) is 19.3. The molecule has 0 saturated carbocycles. The summed E-state index contributed by atoms with van der Waals surface area (Å²) in [6, 6.07) is 1.20. The molecule has 0 atom stereocenters. The summed E-state index contributed by atoms with van der Waals surface area (Å²) in [7, 11) is -1.42. The fourth-order valence-corrected chi connectivity index (χ4v) is 5.79. The second-order valence-electron chi connectivity index (χ2n) is 8.70. The van der Waals surface area contributed by atoms with Crippen molar-refractivity contribution in [2.24, 2.45) is 0 Å². The van der Waals surface area contributed by atoms with Crippen molar-refractivity contribution in [1.29, 1.82) is 0 Å². The highest BCUT2D eigenvalue weighted by molar-refractivity contribution is 6.71. The minimum atomic E-state index is -1.42. The molecule has 0 aromatic carbocycles. The van der Waals surface area contributed by atoms with Gasteiger partial charge in [0.25, 0.3) is 0 Å². The highest BCUT2D eigenvalue weighted by Crippen LogP contribution is 2.16. The summed E-state index contributed by atoms with van der Waals surface area (Å²) in [4.78, 5) is 0. The molecule has 0 aliphatic rings. The minimum Gasteiger partial charge on any atom is -0.417 e. The van der Waals surface area contributed by atoms with Gasteiger partial charge in [0, 0.05) is 12.5 Å². The van der Waals surface area contributed by atoms with E-state index in [1.54, 1.807) is 0 Å².